The highest BCUT2D eigenvalue weighted by Gasteiger charge is 2.14. The zero-order valence-electron chi connectivity index (χ0n) is 9.91. The second-order valence-electron chi connectivity index (χ2n) is 3.47. The summed E-state index contributed by atoms with van der Waals surface area (Å²) < 4.78 is 30.7. The first-order valence-electron chi connectivity index (χ1n) is 5.01. The Hall–Kier alpha value is -2.29. The van der Waals surface area contributed by atoms with Crippen LogP contribution in [0.4, 0.5) is 10.5 Å². The van der Waals surface area contributed by atoms with Gasteiger partial charge < -0.3 is 9.84 Å². The largest absolute Gasteiger partial charge is 0.481 e. The molecule has 0 aliphatic heterocycles. The Morgan fingerprint density at radius 1 is 1.26 bits per heavy atom. The summed E-state index contributed by atoms with van der Waals surface area (Å²) in [4.78, 5) is 21.2. The molecule has 0 atom stereocenters. The molecule has 0 aromatic heterocycles. The summed E-state index contributed by atoms with van der Waals surface area (Å²) >= 11 is 0. The number of ether oxygens (including phenoxy) is 1. The van der Waals surface area contributed by atoms with E-state index in [1.54, 1.807) is 4.72 Å². The van der Waals surface area contributed by atoms with E-state index in [-0.39, 0.29) is 12.1 Å². The summed E-state index contributed by atoms with van der Waals surface area (Å²) in [5, 5.41) is 8.58. The number of carboxylic acids is 1. The van der Waals surface area contributed by atoms with Gasteiger partial charge in [0.2, 0.25) is 0 Å². The number of methoxy groups -OCH3 is 1. The van der Waals surface area contributed by atoms with Crippen LogP contribution in [0.1, 0.15) is 5.56 Å². The molecule has 3 N–H and O–H groups in total. The first-order valence-corrected chi connectivity index (χ1v) is 6.50. The third kappa shape index (κ3) is 5.25. The van der Waals surface area contributed by atoms with E-state index in [1.165, 1.54) is 24.3 Å². The van der Waals surface area contributed by atoms with Gasteiger partial charge in [-0.3, -0.25) is 9.52 Å². The van der Waals surface area contributed by atoms with Crippen LogP contribution in [0.5, 0.6) is 0 Å². The van der Waals surface area contributed by atoms with E-state index in [0.29, 0.717) is 5.56 Å². The quantitative estimate of drug-likeness (QED) is 0.717. The smallest absolute Gasteiger partial charge is 0.422 e. The molecule has 9 heteroatoms. The summed E-state index contributed by atoms with van der Waals surface area (Å²) in [5.74, 6) is -0.985. The van der Waals surface area contributed by atoms with Gasteiger partial charge in [0.25, 0.3) is 0 Å². The molecule has 8 nitrogen and oxygen atoms in total. The van der Waals surface area contributed by atoms with Crippen LogP contribution in [0, 0.1) is 0 Å². The zero-order valence-corrected chi connectivity index (χ0v) is 10.7. The van der Waals surface area contributed by atoms with Crippen LogP contribution in [0.2, 0.25) is 0 Å². The lowest BCUT2D eigenvalue weighted by Crippen LogP contribution is -2.35. The predicted molar refractivity (Wildman–Crippen MR) is 65.9 cm³/mol. The van der Waals surface area contributed by atoms with Gasteiger partial charge in [-0.25, -0.2) is 9.52 Å². The molecule has 1 rings (SSSR count). The fraction of sp³-hybridized carbons (Fsp3) is 0.200. The molecule has 0 radical (unpaired) electrons. The van der Waals surface area contributed by atoms with Crippen molar-refractivity contribution in [2.75, 3.05) is 11.8 Å². The van der Waals surface area contributed by atoms with Crippen molar-refractivity contribution >= 4 is 28.0 Å². The molecule has 0 heterocycles. The average Bonchev–Trinajstić information content (AvgIpc) is 2.30. The van der Waals surface area contributed by atoms with Crippen molar-refractivity contribution in [1.82, 2.24) is 4.72 Å². The van der Waals surface area contributed by atoms with E-state index >= 15 is 0 Å². The molecule has 0 aliphatic rings. The SMILES string of the molecule is COC(=O)NS(=O)(=O)Nc1ccc(CC(=O)O)cc1. The van der Waals surface area contributed by atoms with Gasteiger partial charge in [0, 0.05) is 0 Å². The third-order valence-corrected chi connectivity index (χ3v) is 2.90. The number of aliphatic carboxylic acids is 1. The lowest BCUT2D eigenvalue weighted by molar-refractivity contribution is -0.136. The maximum atomic E-state index is 11.4. The Balaban J connectivity index is 2.72. The molecule has 1 aromatic rings. The highest BCUT2D eigenvalue weighted by atomic mass is 32.2. The number of carboxylic acid groups (broad SMARTS) is 1. The molecule has 0 unspecified atom stereocenters. The molecule has 1 amide bonds. The molecule has 0 aliphatic carbocycles. The number of rotatable bonds is 5. The molecular formula is C10H12N2O6S. The van der Waals surface area contributed by atoms with E-state index in [9.17, 15) is 18.0 Å². The lowest BCUT2D eigenvalue weighted by Gasteiger charge is -2.08. The van der Waals surface area contributed by atoms with Crippen LogP contribution < -0.4 is 9.44 Å². The van der Waals surface area contributed by atoms with Gasteiger partial charge in [0.15, 0.2) is 0 Å². The Labute approximate surface area is 109 Å². The molecule has 0 spiro atoms. The van der Waals surface area contributed by atoms with Crippen LogP contribution >= 0.6 is 0 Å². The number of hydrogen-bond acceptors (Lipinski definition) is 5. The second kappa shape index (κ2) is 6.05. The van der Waals surface area contributed by atoms with Crippen LogP contribution in [-0.2, 0) is 26.2 Å². The fourth-order valence-corrected chi connectivity index (χ4v) is 2.00. The van der Waals surface area contributed by atoms with Crippen LogP contribution in [0.25, 0.3) is 0 Å². The monoisotopic (exact) mass is 288 g/mol. The van der Waals surface area contributed by atoms with E-state index in [2.05, 4.69) is 9.46 Å². The maximum absolute atomic E-state index is 11.4. The molecule has 0 fully saturated rings. The van der Waals surface area contributed by atoms with Crippen LogP contribution in [0.3, 0.4) is 0 Å². The average molecular weight is 288 g/mol. The van der Waals surface area contributed by atoms with Gasteiger partial charge in [0.05, 0.1) is 19.2 Å². The van der Waals surface area contributed by atoms with Crippen LogP contribution in [-0.4, -0.2) is 32.7 Å². The normalized spacial score (nSPS) is 10.6. The number of carbonyl (C=O) groups is 2. The molecule has 1 aromatic carbocycles. The topological polar surface area (TPSA) is 122 Å². The summed E-state index contributed by atoms with van der Waals surface area (Å²) in [6.07, 6.45) is -1.28. The maximum Gasteiger partial charge on any atom is 0.422 e. The van der Waals surface area contributed by atoms with E-state index < -0.39 is 22.3 Å². The number of anilines is 1. The van der Waals surface area contributed by atoms with Gasteiger partial charge in [-0.2, -0.15) is 8.42 Å². The van der Waals surface area contributed by atoms with Gasteiger partial charge >= 0.3 is 22.3 Å². The zero-order chi connectivity index (χ0) is 14.5. The Morgan fingerprint density at radius 3 is 2.32 bits per heavy atom. The number of nitrogens with one attached hydrogen (secondary N) is 2. The Morgan fingerprint density at radius 2 is 1.84 bits per heavy atom. The second-order valence-corrected chi connectivity index (χ2v) is 4.88. The van der Waals surface area contributed by atoms with E-state index in [0.717, 1.165) is 7.11 Å². The molecule has 104 valence electrons. The molecular weight excluding hydrogens is 276 g/mol. The van der Waals surface area contributed by atoms with Crippen molar-refractivity contribution in [3.05, 3.63) is 29.8 Å². The molecule has 0 saturated carbocycles. The van der Waals surface area contributed by atoms with Gasteiger partial charge in [-0.1, -0.05) is 12.1 Å². The molecule has 0 bridgehead atoms. The molecule has 19 heavy (non-hydrogen) atoms. The highest BCUT2D eigenvalue weighted by Crippen LogP contribution is 2.11. The van der Waals surface area contributed by atoms with Crippen molar-refractivity contribution in [3.8, 4) is 0 Å². The summed E-state index contributed by atoms with van der Waals surface area (Å²) in [6, 6.07) is 5.69. The Kier molecular flexibility index (Phi) is 4.70. The van der Waals surface area contributed by atoms with E-state index in [4.69, 9.17) is 5.11 Å². The number of amides is 1. The number of hydrogen-bond donors (Lipinski definition) is 3. The van der Waals surface area contributed by atoms with Gasteiger partial charge in [0.1, 0.15) is 0 Å². The van der Waals surface area contributed by atoms with Crippen molar-refractivity contribution in [1.29, 1.82) is 0 Å². The summed E-state index contributed by atoms with van der Waals surface area (Å²) in [5.41, 5.74) is 0.710. The standard InChI is InChI=1S/C10H12N2O6S/c1-18-10(15)12-19(16,17)11-8-4-2-7(3-5-8)6-9(13)14/h2-5,11H,6H2,1H3,(H,12,15)(H,13,14). The molecule has 0 saturated heterocycles. The fourth-order valence-electron chi connectivity index (χ4n) is 1.20. The van der Waals surface area contributed by atoms with E-state index in [1.807, 2.05) is 0 Å². The summed E-state index contributed by atoms with van der Waals surface area (Å²) in [6.45, 7) is 0. The number of benzene rings is 1. The van der Waals surface area contributed by atoms with Crippen molar-refractivity contribution < 1.29 is 27.9 Å². The highest BCUT2D eigenvalue weighted by molar-refractivity contribution is 7.91. The van der Waals surface area contributed by atoms with Crippen molar-refractivity contribution in [2.45, 2.75) is 6.42 Å². The summed E-state index contributed by atoms with van der Waals surface area (Å²) in [7, 11) is -3.04. The third-order valence-electron chi connectivity index (χ3n) is 1.96. The Bertz CT molecular complexity index is 566. The lowest BCUT2D eigenvalue weighted by atomic mass is 10.1. The minimum absolute atomic E-state index is 0.159. The van der Waals surface area contributed by atoms with Gasteiger partial charge in [-0.15, -0.1) is 0 Å². The van der Waals surface area contributed by atoms with Crippen LogP contribution in [0.15, 0.2) is 24.3 Å². The first-order chi connectivity index (χ1) is 8.82. The van der Waals surface area contributed by atoms with Gasteiger partial charge in [-0.05, 0) is 17.7 Å². The number of carbonyl (C=O) groups excluding carboxylic acids is 1. The first kappa shape index (κ1) is 14.8. The van der Waals surface area contributed by atoms with Crippen molar-refractivity contribution in [2.24, 2.45) is 0 Å². The predicted octanol–water partition coefficient (Wildman–Crippen LogP) is 0.326. The minimum Gasteiger partial charge on any atom is -0.481 e. The van der Waals surface area contributed by atoms with Crippen molar-refractivity contribution in [3.63, 3.8) is 0 Å². The minimum atomic E-state index is -4.07.